The zero-order valence-electron chi connectivity index (χ0n) is 19.1. The van der Waals surface area contributed by atoms with Crippen LogP contribution in [0.2, 0.25) is 5.02 Å². The van der Waals surface area contributed by atoms with Crippen LogP contribution in [0.3, 0.4) is 0 Å². The summed E-state index contributed by atoms with van der Waals surface area (Å²) >= 11 is 6.26. The first-order chi connectivity index (χ1) is 14.6. The molecule has 0 saturated carbocycles. The van der Waals surface area contributed by atoms with Crippen molar-refractivity contribution >= 4 is 23.4 Å². The number of carbonyl (C=O) groups excluding carboxylic acids is 2. The van der Waals surface area contributed by atoms with E-state index in [0.29, 0.717) is 24.4 Å². The quantitative estimate of drug-likeness (QED) is 0.591. The Labute approximate surface area is 190 Å². The van der Waals surface area contributed by atoms with E-state index in [1.807, 2.05) is 76.2 Å². The number of halogens is 1. The number of ether oxygens (including phenoxy) is 1. The zero-order chi connectivity index (χ0) is 23.0. The Morgan fingerprint density at radius 1 is 1.10 bits per heavy atom. The van der Waals surface area contributed by atoms with Gasteiger partial charge < -0.3 is 15.0 Å². The Kier molecular flexibility index (Phi) is 8.93. The molecular weight excluding hydrogens is 412 g/mol. The molecule has 0 saturated heterocycles. The van der Waals surface area contributed by atoms with Gasteiger partial charge in [0.25, 0.3) is 0 Å². The molecule has 0 aliphatic carbocycles. The molecule has 1 atom stereocenters. The molecule has 6 heteroatoms. The first-order valence-corrected chi connectivity index (χ1v) is 11.0. The van der Waals surface area contributed by atoms with E-state index >= 15 is 0 Å². The average Bonchev–Trinajstić information content (AvgIpc) is 2.72. The SMILES string of the molecule is CCC(C(=O)NC(C)(C)C)N(Cc1ccc(OC)cc1)C(=O)CCc1ccccc1Cl. The summed E-state index contributed by atoms with van der Waals surface area (Å²) in [5.74, 6) is 0.527. The smallest absolute Gasteiger partial charge is 0.243 e. The van der Waals surface area contributed by atoms with E-state index in [9.17, 15) is 9.59 Å². The highest BCUT2D eigenvalue weighted by molar-refractivity contribution is 6.31. The largest absolute Gasteiger partial charge is 0.497 e. The molecule has 0 aliphatic rings. The summed E-state index contributed by atoms with van der Waals surface area (Å²) in [7, 11) is 1.61. The topological polar surface area (TPSA) is 58.6 Å². The molecule has 168 valence electrons. The fourth-order valence-corrected chi connectivity index (χ4v) is 3.62. The van der Waals surface area contributed by atoms with Crippen molar-refractivity contribution in [2.45, 2.75) is 65.1 Å². The lowest BCUT2D eigenvalue weighted by Gasteiger charge is -2.33. The lowest BCUT2D eigenvalue weighted by atomic mass is 10.0. The second kappa shape index (κ2) is 11.2. The minimum atomic E-state index is -0.555. The van der Waals surface area contributed by atoms with E-state index in [2.05, 4.69) is 5.32 Å². The van der Waals surface area contributed by atoms with Crippen LogP contribution in [0.5, 0.6) is 5.75 Å². The van der Waals surface area contributed by atoms with Crippen LogP contribution < -0.4 is 10.1 Å². The van der Waals surface area contributed by atoms with E-state index in [4.69, 9.17) is 16.3 Å². The Morgan fingerprint density at radius 2 is 1.74 bits per heavy atom. The van der Waals surface area contributed by atoms with Gasteiger partial charge in [-0.1, -0.05) is 48.9 Å². The standard InChI is InChI=1S/C25H33ClN2O3/c1-6-22(24(30)27-25(2,3)4)28(17-18-11-14-20(31-5)15-12-18)23(29)16-13-19-9-7-8-10-21(19)26/h7-12,14-15,22H,6,13,16-17H2,1-5H3,(H,27,30). The molecule has 1 N–H and O–H groups in total. The number of nitrogens with one attached hydrogen (secondary N) is 1. The third kappa shape index (κ3) is 7.59. The summed E-state index contributed by atoms with van der Waals surface area (Å²) in [6.45, 7) is 8.08. The van der Waals surface area contributed by atoms with Crippen LogP contribution in [0.15, 0.2) is 48.5 Å². The van der Waals surface area contributed by atoms with E-state index in [1.165, 1.54) is 0 Å². The van der Waals surface area contributed by atoms with Crippen molar-refractivity contribution in [1.82, 2.24) is 10.2 Å². The molecule has 0 heterocycles. The molecule has 2 amide bonds. The first-order valence-electron chi connectivity index (χ1n) is 10.6. The van der Waals surface area contributed by atoms with Gasteiger partial charge in [-0.15, -0.1) is 0 Å². The Bertz CT molecular complexity index is 875. The van der Waals surface area contributed by atoms with Gasteiger partial charge in [-0.3, -0.25) is 9.59 Å². The zero-order valence-corrected chi connectivity index (χ0v) is 19.8. The summed E-state index contributed by atoms with van der Waals surface area (Å²) in [6.07, 6.45) is 1.32. The number of rotatable bonds is 9. The van der Waals surface area contributed by atoms with Crippen LogP contribution in [0.25, 0.3) is 0 Å². The summed E-state index contributed by atoms with van der Waals surface area (Å²) in [5.41, 5.74) is 1.49. The minimum absolute atomic E-state index is 0.0772. The fraction of sp³-hybridized carbons (Fsp3) is 0.440. The number of aryl methyl sites for hydroxylation is 1. The molecule has 1 unspecified atom stereocenters. The highest BCUT2D eigenvalue weighted by Gasteiger charge is 2.30. The molecule has 2 aromatic carbocycles. The van der Waals surface area contributed by atoms with Gasteiger partial charge in [0, 0.05) is 23.5 Å². The van der Waals surface area contributed by atoms with Gasteiger partial charge in [-0.05, 0) is 62.9 Å². The highest BCUT2D eigenvalue weighted by Crippen LogP contribution is 2.20. The fourth-order valence-electron chi connectivity index (χ4n) is 3.39. The maximum absolute atomic E-state index is 13.3. The van der Waals surface area contributed by atoms with Crippen LogP contribution in [-0.2, 0) is 22.6 Å². The summed E-state index contributed by atoms with van der Waals surface area (Å²) in [6, 6.07) is 14.5. The number of methoxy groups -OCH3 is 1. The molecule has 0 spiro atoms. The van der Waals surface area contributed by atoms with Gasteiger partial charge in [0.05, 0.1) is 7.11 Å². The van der Waals surface area contributed by atoms with E-state index in [0.717, 1.165) is 16.9 Å². The van der Waals surface area contributed by atoms with Gasteiger partial charge in [0.2, 0.25) is 11.8 Å². The van der Waals surface area contributed by atoms with Crippen molar-refractivity contribution in [3.05, 3.63) is 64.7 Å². The normalized spacial score (nSPS) is 12.2. The van der Waals surface area contributed by atoms with Crippen LogP contribution in [-0.4, -0.2) is 35.4 Å². The predicted octanol–water partition coefficient (Wildman–Crippen LogP) is 5.00. The number of hydrogen-bond acceptors (Lipinski definition) is 3. The monoisotopic (exact) mass is 444 g/mol. The molecule has 5 nitrogen and oxygen atoms in total. The van der Waals surface area contributed by atoms with E-state index in [1.54, 1.807) is 12.0 Å². The molecule has 2 rings (SSSR count). The van der Waals surface area contributed by atoms with Crippen LogP contribution in [0, 0.1) is 0 Å². The Balaban J connectivity index is 2.24. The van der Waals surface area contributed by atoms with Crippen molar-refractivity contribution < 1.29 is 14.3 Å². The first kappa shape index (κ1) is 24.7. The molecule has 0 fully saturated rings. The number of amides is 2. The highest BCUT2D eigenvalue weighted by atomic mass is 35.5. The van der Waals surface area contributed by atoms with Crippen molar-refractivity contribution in [2.24, 2.45) is 0 Å². The van der Waals surface area contributed by atoms with Crippen molar-refractivity contribution in [2.75, 3.05) is 7.11 Å². The van der Waals surface area contributed by atoms with Gasteiger partial charge in [-0.25, -0.2) is 0 Å². The van der Waals surface area contributed by atoms with Crippen molar-refractivity contribution in [3.8, 4) is 5.75 Å². The molecule has 2 aromatic rings. The third-order valence-corrected chi connectivity index (χ3v) is 5.33. The third-order valence-electron chi connectivity index (χ3n) is 4.96. The second-order valence-corrected chi connectivity index (χ2v) is 9.03. The molecule has 0 radical (unpaired) electrons. The average molecular weight is 445 g/mol. The molecule has 0 bridgehead atoms. The summed E-state index contributed by atoms with van der Waals surface area (Å²) in [4.78, 5) is 28.0. The molecule has 0 aromatic heterocycles. The van der Waals surface area contributed by atoms with E-state index < -0.39 is 6.04 Å². The van der Waals surface area contributed by atoms with Gasteiger partial charge in [-0.2, -0.15) is 0 Å². The van der Waals surface area contributed by atoms with Gasteiger partial charge in [0.15, 0.2) is 0 Å². The number of benzene rings is 2. The minimum Gasteiger partial charge on any atom is -0.497 e. The Morgan fingerprint density at radius 3 is 2.29 bits per heavy atom. The number of nitrogens with zero attached hydrogens (tertiary/aromatic N) is 1. The molecular formula is C25H33ClN2O3. The second-order valence-electron chi connectivity index (χ2n) is 8.62. The predicted molar refractivity (Wildman–Crippen MR) is 125 cm³/mol. The maximum atomic E-state index is 13.3. The summed E-state index contributed by atoms with van der Waals surface area (Å²) in [5, 5.41) is 3.67. The Hall–Kier alpha value is -2.53. The van der Waals surface area contributed by atoms with Gasteiger partial charge in [0.1, 0.15) is 11.8 Å². The van der Waals surface area contributed by atoms with Crippen LogP contribution >= 0.6 is 11.6 Å². The van der Waals surface area contributed by atoms with Gasteiger partial charge >= 0.3 is 0 Å². The maximum Gasteiger partial charge on any atom is 0.243 e. The molecule has 31 heavy (non-hydrogen) atoms. The molecule has 0 aliphatic heterocycles. The lowest BCUT2D eigenvalue weighted by molar-refractivity contribution is -0.142. The number of carbonyl (C=O) groups is 2. The number of hydrogen-bond donors (Lipinski definition) is 1. The lowest BCUT2D eigenvalue weighted by Crippen LogP contribution is -2.53. The van der Waals surface area contributed by atoms with Crippen LogP contribution in [0.4, 0.5) is 0 Å². The van der Waals surface area contributed by atoms with Crippen LogP contribution in [0.1, 0.15) is 51.7 Å². The summed E-state index contributed by atoms with van der Waals surface area (Å²) < 4.78 is 5.22. The van der Waals surface area contributed by atoms with Crippen molar-refractivity contribution in [3.63, 3.8) is 0 Å². The van der Waals surface area contributed by atoms with Crippen molar-refractivity contribution in [1.29, 1.82) is 0 Å². The van der Waals surface area contributed by atoms with E-state index in [-0.39, 0.29) is 23.8 Å².